The molecule has 0 spiro atoms. The van der Waals surface area contributed by atoms with E-state index in [1.54, 1.807) is 30.5 Å². The third-order valence-electron chi connectivity index (χ3n) is 5.85. The van der Waals surface area contributed by atoms with E-state index in [9.17, 15) is 19.2 Å². The highest BCUT2D eigenvalue weighted by atomic mass is 19.1. The van der Waals surface area contributed by atoms with Crippen LogP contribution < -0.4 is 15.6 Å². The number of pyridine rings is 1. The number of aromatic nitrogens is 1. The summed E-state index contributed by atoms with van der Waals surface area (Å²) in [4.78, 5) is 26.1. The minimum Gasteiger partial charge on any atom is -0.491 e. The molecule has 1 aliphatic rings. The number of amides is 1. The van der Waals surface area contributed by atoms with Crippen molar-refractivity contribution in [3.05, 3.63) is 82.2 Å². The van der Waals surface area contributed by atoms with E-state index in [2.05, 4.69) is 5.32 Å². The first-order valence-corrected chi connectivity index (χ1v) is 11.4. The summed E-state index contributed by atoms with van der Waals surface area (Å²) in [5.41, 5.74) is 1.08. The minimum atomic E-state index is -0.563. The fourth-order valence-corrected chi connectivity index (χ4v) is 4.05. The largest absolute Gasteiger partial charge is 0.491 e. The molecule has 2 heterocycles. The molecule has 1 saturated carbocycles. The summed E-state index contributed by atoms with van der Waals surface area (Å²) in [6, 6.07) is 14.4. The molecular weight excluding hydrogens is 449 g/mol. The lowest BCUT2D eigenvalue weighted by atomic mass is 10.0. The minimum absolute atomic E-state index is 0.00400. The van der Waals surface area contributed by atoms with Crippen LogP contribution in [0.2, 0.25) is 0 Å². The highest BCUT2D eigenvalue weighted by Crippen LogP contribution is 2.39. The highest BCUT2D eigenvalue weighted by molar-refractivity contribution is 6.13. The second-order valence-corrected chi connectivity index (χ2v) is 8.44. The number of rotatable bonds is 7. The number of carbonyl (C=O) groups is 1. The first-order chi connectivity index (χ1) is 17.0. The van der Waals surface area contributed by atoms with E-state index in [1.807, 2.05) is 13.0 Å². The van der Waals surface area contributed by atoms with Crippen LogP contribution in [0, 0.1) is 17.1 Å². The van der Waals surface area contributed by atoms with Gasteiger partial charge in [-0.1, -0.05) is 19.1 Å². The van der Waals surface area contributed by atoms with Crippen molar-refractivity contribution in [2.75, 3.05) is 11.9 Å². The Labute approximate surface area is 200 Å². The van der Waals surface area contributed by atoms with E-state index in [-0.39, 0.29) is 22.9 Å². The van der Waals surface area contributed by atoms with Crippen molar-refractivity contribution in [3.8, 4) is 22.9 Å². The van der Waals surface area contributed by atoms with E-state index < -0.39 is 11.7 Å². The Morgan fingerprint density at radius 3 is 2.80 bits per heavy atom. The molecule has 5 rings (SSSR count). The van der Waals surface area contributed by atoms with Gasteiger partial charge in [0.2, 0.25) is 5.76 Å². The van der Waals surface area contributed by atoms with Crippen LogP contribution in [0.3, 0.4) is 0 Å². The molecule has 0 radical (unpaired) electrons. The number of nitrogens with zero attached hydrogens (tertiary/aromatic N) is 2. The van der Waals surface area contributed by atoms with Crippen molar-refractivity contribution in [1.82, 2.24) is 4.57 Å². The smallest absolute Gasteiger partial charge is 0.292 e. The standard InChI is InChI=1S/C27H22FN3O4/c1-2-11-34-23-6-4-3-5-21(23)30-26(32)25-24(20-13-18(28)7-10-22(20)35-25)17-12-16(14-29)27(33)31(15-17)19-8-9-19/h3-7,10,12-13,15,19H,2,8-9,11H2,1H3,(H,30,32). The number of ether oxygens (including phenoxy) is 1. The van der Waals surface area contributed by atoms with E-state index in [0.29, 0.717) is 40.1 Å². The zero-order valence-corrected chi connectivity index (χ0v) is 19.0. The number of furan rings is 1. The molecule has 2 aromatic carbocycles. The molecule has 0 aliphatic heterocycles. The number of anilines is 1. The number of halogens is 1. The molecule has 7 nitrogen and oxygen atoms in total. The Bertz CT molecular complexity index is 1540. The van der Waals surface area contributed by atoms with Crippen LogP contribution in [0.1, 0.15) is 48.3 Å². The van der Waals surface area contributed by atoms with E-state index in [1.165, 1.54) is 28.8 Å². The number of fused-ring (bicyclic) bond motifs is 1. The molecular formula is C27H22FN3O4. The lowest BCUT2D eigenvalue weighted by molar-refractivity contribution is 0.0999. The van der Waals surface area contributed by atoms with Crippen LogP contribution in [0.15, 0.2) is 63.9 Å². The summed E-state index contributed by atoms with van der Waals surface area (Å²) >= 11 is 0. The predicted octanol–water partition coefficient (Wildman–Crippen LogP) is 5.65. The first-order valence-electron chi connectivity index (χ1n) is 11.4. The molecule has 0 bridgehead atoms. The molecule has 1 N–H and O–H groups in total. The van der Waals surface area contributed by atoms with Crippen LogP contribution in [-0.4, -0.2) is 17.1 Å². The highest BCUT2D eigenvalue weighted by Gasteiger charge is 2.29. The summed E-state index contributed by atoms with van der Waals surface area (Å²) in [5, 5.41) is 12.8. The van der Waals surface area contributed by atoms with Gasteiger partial charge in [0, 0.05) is 28.8 Å². The quantitative estimate of drug-likeness (QED) is 0.376. The van der Waals surface area contributed by atoms with E-state index >= 15 is 0 Å². The number of hydrogen-bond acceptors (Lipinski definition) is 5. The fraction of sp³-hybridized carbons (Fsp3) is 0.222. The second kappa shape index (κ2) is 9.11. The molecule has 0 unspecified atom stereocenters. The molecule has 8 heteroatoms. The molecule has 1 aliphatic carbocycles. The van der Waals surface area contributed by atoms with Crippen LogP contribution in [0.5, 0.6) is 5.75 Å². The van der Waals surface area contributed by atoms with Crippen LogP contribution in [-0.2, 0) is 0 Å². The number of nitrogens with one attached hydrogen (secondary N) is 1. The SMILES string of the molecule is CCCOc1ccccc1NC(=O)c1oc2ccc(F)cc2c1-c1cc(C#N)c(=O)n(C2CC2)c1. The fourth-order valence-electron chi connectivity index (χ4n) is 4.05. The lowest BCUT2D eigenvalue weighted by Gasteiger charge is -2.12. The van der Waals surface area contributed by atoms with Gasteiger partial charge in [0.05, 0.1) is 12.3 Å². The Morgan fingerprint density at radius 1 is 1.26 bits per heavy atom. The van der Waals surface area contributed by atoms with Gasteiger partial charge in [-0.05, 0) is 55.7 Å². The molecule has 4 aromatic rings. The van der Waals surface area contributed by atoms with Crippen molar-refractivity contribution in [2.24, 2.45) is 0 Å². The van der Waals surface area contributed by atoms with Gasteiger partial charge < -0.3 is 19.0 Å². The van der Waals surface area contributed by atoms with E-state index in [0.717, 1.165) is 19.3 Å². The first kappa shape index (κ1) is 22.4. The Kier molecular flexibility index (Phi) is 5.83. The van der Waals surface area contributed by atoms with Crippen molar-refractivity contribution < 1.29 is 18.3 Å². The predicted molar refractivity (Wildman–Crippen MR) is 129 cm³/mol. The summed E-state index contributed by atoms with van der Waals surface area (Å²) in [6.45, 7) is 2.47. The van der Waals surface area contributed by atoms with Gasteiger partial charge in [0.1, 0.15) is 28.8 Å². The molecule has 176 valence electrons. The van der Waals surface area contributed by atoms with Gasteiger partial charge in [-0.2, -0.15) is 5.26 Å². The van der Waals surface area contributed by atoms with Gasteiger partial charge in [0.25, 0.3) is 11.5 Å². The molecule has 1 amide bonds. The summed E-state index contributed by atoms with van der Waals surface area (Å²) in [7, 11) is 0. The van der Waals surface area contributed by atoms with Gasteiger partial charge in [-0.3, -0.25) is 9.59 Å². The van der Waals surface area contributed by atoms with Gasteiger partial charge in [-0.25, -0.2) is 4.39 Å². The molecule has 1 fully saturated rings. The third-order valence-corrected chi connectivity index (χ3v) is 5.85. The summed E-state index contributed by atoms with van der Waals surface area (Å²) < 4.78 is 27.4. The topological polar surface area (TPSA) is 97.3 Å². The van der Waals surface area contributed by atoms with E-state index in [4.69, 9.17) is 9.15 Å². The van der Waals surface area contributed by atoms with Gasteiger partial charge >= 0.3 is 0 Å². The average molecular weight is 471 g/mol. The number of hydrogen-bond donors (Lipinski definition) is 1. The van der Waals surface area contributed by atoms with Crippen LogP contribution in [0.25, 0.3) is 22.1 Å². The monoisotopic (exact) mass is 471 g/mol. The summed E-state index contributed by atoms with van der Waals surface area (Å²) in [5.74, 6) is -0.603. The summed E-state index contributed by atoms with van der Waals surface area (Å²) in [6.07, 6.45) is 4.08. The average Bonchev–Trinajstić information content (AvgIpc) is 3.64. The Balaban J connectivity index is 1.65. The van der Waals surface area contributed by atoms with Crippen molar-refractivity contribution in [3.63, 3.8) is 0 Å². The molecule has 2 aromatic heterocycles. The maximum Gasteiger partial charge on any atom is 0.292 e. The maximum absolute atomic E-state index is 14.2. The third kappa shape index (κ3) is 4.28. The zero-order valence-electron chi connectivity index (χ0n) is 19.0. The molecule has 35 heavy (non-hydrogen) atoms. The Morgan fingerprint density at radius 2 is 2.06 bits per heavy atom. The normalized spacial score (nSPS) is 12.9. The zero-order chi connectivity index (χ0) is 24.5. The number of benzene rings is 2. The second-order valence-electron chi connectivity index (χ2n) is 8.44. The van der Waals surface area contributed by atoms with Crippen molar-refractivity contribution >= 4 is 22.6 Å². The van der Waals surface area contributed by atoms with Gasteiger partial charge in [0.15, 0.2) is 0 Å². The van der Waals surface area contributed by atoms with Crippen LogP contribution >= 0.6 is 0 Å². The van der Waals surface area contributed by atoms with Crippen molar-refractivity contribution in [2.45, 2.75) is 32.2 Å². The number of para-hydroxylation sites is 2. The Hall–Kier alpha value is -4.38. The number of carbonyl (C=O) groups excluding carboxylic acids is 1. The van der Waals surface area contributed by atoms with Crippen molar-refractivity contribution in [1.29, 1.82) is 5.26 Å². The lowest BCUT2D eigenvalue weighted by Crippen LogP contribution is -2.21. The molecule has 0 atom stereocenters. The maximum atomic E-state index is 14.2. The number of nitriles is 1. The van der Waals surface area contributed by atoms with Crippen LogP contribution in [0.4, 0.5) is 10.1 Å². The molecule has 0 saturated heterocycles. The van der Waals surface area contributed by atoms with Gasteiger partial charge in [-0.15, -0.1) is 0 Å².